The zero-order valence-electron chi connectivity index (χ0n) is 21.9. The van der Waals surface area contributed by atoms with Crippen LogP contribution in [0.5, 0.6) is 0 Å². The third-order valence-corrected chi connectivity index (χ3v) is 9.77. The minimum Gasteiger partial charge on any atom is -0.328 e. The summed E-state index contributed by atoms with van der Waals surface area (Å²) >= 11 is 0. The highest BCUT2D eigenvalue weighted by molar-refractivity contribution is 7.89. The molecular formula is C27H36N6O4S. The second-order valence-corrected chi connectivity index (χ2v) is 12.7. The average molecular weight is 541 g/mol. The van der Waals surface area contributed by atoms with Crippen molar-refractivity contribution in [2.45, 2.75) is 56.4 Å². The highest BCUT2D eigenvalue weighted by Gasteiger charge is 2.32. The number of piperidine rings is 3. The van der Waals surface area contributed by atoms with Crippen LogP contribution in [0.1, 0.15) is 61.6 Å². The first-order valence-corrected chi connectivity index (χ1v) is 15.0. The first-order chi connectivity index (χ1) is 18.2. The van der Waals surface area contributed by atoms with Crippen molar-refractivity contribution in [1.29, 1.82) is 0 Å². The first kappa shape index (κ1) is 26.8. The summed E-state index contributed by atoms with van der Waals surface area (Å²) in [7, 11) is -1.45. The number of carbonyl (C=O) groups excluding carboxylic acids is 2. The van der Waals surface area contributed by atoms with E-state index in [0.717, 1.165) is 42.5 Å². The lowest BCUT2D eigenvalue weighted by Gasteiger charge is -2.31. The predicted molar refractivity (Wildman–Crippen MR) is 145 cm³/mol. The molecule has 3 N–H and O–H groups in total. The normalized spacial score (nSPS) is 22.8. The van der Waals surface area contributed by atoms with E-state index in [1.54, 1.807) is 0 Å². The summed E-state index contributed by atoms with van der Waals surface area (Å²) in [4.78, 5) is 26.2. The molecule has 4 heterocycles. The number of benzene rings is 1. The molecule has 3 aliphatic rings. The number of carbonyl (C=O) groups is 2. The summed E-state index contributed by atoms with van der Waals surface area (Å²) in [6.07, 6.45) is 4.22. The molecular weight excluding hydrogens is 504 g/mol. The smallest absolute Gasteiger partial charge is 0.235 e. The van der Waals surface area contributed by atoms with Crippen LogP contribution in [0.25, 0.3) is 10.9 Å². The van der Waals surface area contributed by atoms with Crippen LogP contribution in [0.3, 0.4) is 0 Å². The predicted octanol–water partition coefficient (Wildman–Crippen LogP) is 1.03. The largest absolute Gasteiger partial charge is 0.328 e. The monoisotopic (exact) mass is 540 g/mol. The molecule has 0 bridgehead atoms. The van der Waals surface area contributed by atoms with E-state index in [9.17, 15) is 18.0 Å². The summed E-state index contributed by atoms with van der Waals surface area (Å²) in [5, 5.41) is 8.04. The van der Waals surface area contributed by atoms with Gasteiger partial charge >= 0.3 is 0 Å². The van der Waals surface area contributed by atoms with Crippen molar-refractivity contribution < 1.29 is 18.0 Å². The fraction of sp³-hybridized carbons (Fsp3) is 0.593. The van der Waals surface area contributed by atoms with E-state index >= 15 is 0 Å². The lowest BCUT2D eigenvalue weighted by molar-refractivity contribution is -0.134. The number of aromatic nitrogens is 2. The molecule has 5 rings (SSSR count). The molecule has 1 aromatic heterocycles. The molecule has 1 aromatic carbocycles. The standard InChI is InChI=1S/C27H36N6O4S/c1-31-24-18-20(4-5-22(24)26(30-31)23-6-7-25(34)29-27(23)35)19-8-13-32(14-9-19)12-2-3-17-38(36,37)33-15-10-21(28)11-16-33/h4-5,18-19,21,23H,6-17,28H2,1H3,(H,29,34,35). The van der Waals surface area contributed by atoms with E-state index in [1.807, 2.05) is 11.7 Å². The van der Waals surface area contributed by atoms with Gasteiger partial charge in [-0.3, -0.25) is 24.5 Å². The number of nitrogens with zero attached hydrogens (tertiary/aromatic N) is 4. The highest BCUT2D eigenvalue weighted by atomic mass is 32.2. The van der Waals surface area contributed by atoms with Crippen molar-refractivity contribution in [2.75, 3.05) is 38.5 Å². The SMILES string of the molecule is Cn1nc(C2CCC(=O)NC2=O)c2ccc(C3CCN(CC#CCS(=O)(=O)N4CCC(N)CC4)CC3)cc21. The number of nitrogens with one attached hydrogen (secondary N) is 1. The molecule has 11 heteroatoms. The Morgan fingerprint density at radius 1 is 1.05 bits per heavy atom. The lowest BCUT2D eigenvalue weighted by Crippen LogP contribution is -2.43. The van der Waals surface area contributed by atoms with Gasteiger partial charge in [0.2, 0.25) is 21.8 Å². The Bertz CT molecular complexity index is 1380. The molecule has 3 saturated heterocycles. The number of imide groups is 1. The van der Waals surface area contributed by atoms with E-state index in [0.29, 0.717) is 51.2 Å². The molecule has 1 atom stereocenters. The van der Waals surface area contributed by atoms with Gasteiger partial charge in [0, 0.05) is 38.0 Å². The average Bonchev–Trinajstić information content (AvgIpc) is 3.22. The number of rotatable bonds is 5. The molecule has 0 radical (unpaired) electrons. The maximum Gasteiger partial charge on any atom is 0.235 e. The maximum absolute atomic E-state index is 12.5. The molecule has 2 amide bonds. The van der Waals surface area contributed by atoms with Gasteiger partial charge < -0.3 is 5.73 Å². The van der Waals surface area contributed by atoms with Gasteiger partial charge in [0.1, 0.15) is 5.75 Å². The molecule has 1 unspecified atom stereocenters. The molecule has 2 aromatic rings. The van der Waals surface area contributed by atoms with Crippen LogP contribution in [0.4, 0.5) is 0 Å². The van der Waals surface area contributed by atoms with Crippen molar-refractivity contribution in [2.24, 2.45) is 12.8 Å². The minimum absolute atomic E-state index is 0.0943. The second kappa shape index (κ2) is 11.1. The minimum atomic E-state index is -3.35. The zero-order valence-corrected chi connectivity index (χ0v) is 22.7. The fourth-order valence-corrected chi connectivity index (χ4v) is 6.98. The van der Waals surface area contributed by atoms with Gasteiger partial charge in [0.25, 0.3) is 0 Å². The van der Waals surface area contributed by atoms with Crippen LogP contribution < -0.4 is 11.1 Å². The Morgan fingerprint density at radius 3 is 2.50 bits per heavy atom. The Labute approximate surface area is 223 Å². The van der Waals surface area contributed by atoms with E-state index in [4.69, 9.17) is 5.73 Å². The Kier molecular flexibility index (Phi) is 7.86. The topological polar surface area (TPSA) is 131 Å². The molecule has 38 heavy (non-hydrogen) atoms. The molecule has 0 aliphatic carbocycles. The van der Waals surface area contributed by atoms with Gasteiger partial charge in [-0.15, -0.1) is 0 Å². The van der Waals surface area contributed by atoms with E-state index in [2.05, 4.69) is 45.4 Å². The highest BCUT2D eigenvalue weighted by Crippen LogP contribution is 2.34. The van der Waals surface area contributed by atoms with Crippen LogP contribution in [0.2, 0.25) is 0 Å². The number of aryl methyl sites for hydroxylation is 1. The Hall–Kier alpha value is -2.78. The van der Waals surface area contributed by atoms with Crippen molar-refractivity contribution >= 4 is 32.7 Å². The van der Waals surface area contributed by atoms with Crippen LogP contribution in [-0.2, 0) is 26.7 Å². The van der Waals surface area contributed by atoms with Gasteiger partial charge in [-0.05, 0) is 62.7 Å². The number of hydrogen-bond acceptors (Lipinski definition) is 7. The Balaban J connectivity index is 1.16. The van der Waals surface area contributed by atoms with E-state index in [1.165, 1.54) is 9.87 Å². The first-order valence-electron chi connectivity index (χ1n) is 13.4. The van der Waals surface area contributed by atoms with Crippen molar-refractivity contribution in [1.82, 2.24) is 24.3 Å². The van der Waals surface area contributed by atoms with Crippen LogP contribution in [0, 0.1) is 11.8 Å². The van der Waals surface area contributed by atoms with Crippen molar-refractivity contribution in [3.63, 3.8) is 0 Å². The summed E-state index contributed by atoms with van der Waals surface area (Å²) in [5.41, 5.74) is 8.86. The second-order valence-electron chi connectivity index (χ2n) is 10.7. The van der Waals surface area contributed by atoms with E-state index in [-0.39, 0.29) is 23.6 Å². The van der Waals surface area contributed by atoms with Gasteiger partial charge in [0.15, 0.2) is 0 Å². The summed E-state index contributed by atoms with van der Waals surface area (Å²) in [5.74, 6) is 5.33. The molecule has 3 aliphatic heterocycles. The van der Waals surface area contributed by atoms with Gasteiger partial charge in [-0.1, -0.05) is 24.0 Å². The zero-order chi connectivity index (χ0) is 26.9. The quantitative estimate of drug-likeness (QED) is 0.428. The molecule has 0 spiro atoms. The van der Waals surface area contributed by atoms with Crippen LogP contribution in [-0.4, -0.2) is 83.7 Å². The van der Waals surface area contributed by atoms with Crippen LogP contribution >= 0.6 is 0 Å². The third-order valence-electron chi connectivity index (χ3n) is 8.11. The molecule has 10 nitrogen and oxygen atoms in total. The molecule has 204 valence electrons. The number of hydrogen-bond donors (Lipinski definition) is 2. The Morgan fingerprint density at radius 2 is 1.79 bits per heavy atom. The summed E-state index contributed by atoms with van der Waals surface area (Å²) < 4.78 is 28.4. The molecule has 3 fully saturated rings. The number of likely N-dealkylation sites (tertiary alicyclic amines) is 1. The molecule has 0 saturated carbocycles. The summed E-state index contributed by atoms with van der Waals surface area (Å²) in [6.45, 7) is 3.36. The van der Waals surface area contributed by atoms with Gasteiger partial charge in [-0.2, -0.15) is 5.10 Å². The lowest BCUT2D eigenvalue weighted by atomic mass is 9.88. The number of nitrogens with two attached hydrogens (primary N) is 1. The van der Waals surface area contributed by atoms with Gasteiger partial charge in [0.05, 0.1) is 23.7 Å². The number of amides is 2. The van der Waals surface area contributed by atoms with Crippen molar-refractivity contribution in [3.8, 4) is 11.8 Å². The maximum atomic E-state index is 12.5. The fourth-order valence-electron chi connectivity index (χ4n) is 5.75. The van der Waals surface area contributed by atoms with Crippen LogP contribution in [0.15, 0.2) is 18.2 Å². The van der Waals surface area contributed by atoms with Gasteiger partial charge in [-0.25, -0.2) is 12.7 Å². The third kappa shape index (κ3) is 5.78. The summed E-state index contributed by atoms with van der Waals surface area (Å²) in [6, 6.07) is 6.47. The number of sulfonamides is 1. The van der Waals surface area contributed by atoms with Crippen molar-refractivity contribution in [3.05, 3.63) is 29.5 Å². The number of fused-ring (bicyclic) bond motifs is 1. The van der Waals surface area contributed by atoms with E-state index < -0.39 is 15.9 Å².